The zero-order chi connectivity index (χ0) is 10.7. The lowest BCUT2D eigenvalue weighted by Crippen LogP contribution is -2.00. The van der Waals surface area contributed by atoms with Crippen LogP contribution in [-0.2, 0) is 0 Å². The molecule has 6 heteroatoms. The van der Waals surface area contributed by atoms with Crippen molar-refractivity contribution in [1.29, 1.82) is 0 Å². The van der Waals surface area contributed by atoms with Crippen LogP contribution in [-0.4, -0.2) is 18.3 Å². The van der Waals surface area contributed by atoms with Crippen LogP contribution in [0.15, 0.2) is 12.1 Å². The van der Waals surface area contributed by atoms with Gasteiger partial charge >= 0.3 is 0 Å². The maximum atomic E-state index is 13.0. The maximum Gasteiger partial charge on any atom is 0.293 e. The van der Waals surface area contributed by atoms with E-state index in [4.69, 9.17) is 0 Å². The summed E-state index contributed by atoms with van der Waals surface area (Å²) in [7, 11) is 1.43. The molecule has 0 unspecified atom stereocenters. The highest BCUT2D eigenvalue weighted by molar-refractivity contribution is 5.79. The summed E-state index contributed by atoms with van der Waals surface area (Å²) in [5.74, 6) is -0.782. The summed E-state index contributed by atoms with van der Waals surface area (Å²) >= 11 is 0. The van der Waals surface area contributed by atoms with Gasteiger partial charge in [0.05, 0.1) is 10.5 Å². The Bertz CT molecular complexity index is 392. The summed E-state index contributed by atoms with van der Waals surface area (Å²) < 4.78 is 13.0. The van der Waals surface area contributed by atoms with Crippen molar-refractivity contribution in [2.75, 3.05) is 12.4 Å². The number of benzene rings is 1. The van der Waals surface area contributed by atoms with E-state index in [2.05, 4.69) is 5.32 Å². The van der Waals surface area contributed by atoms with Crippen molar-refractivity contribution in [3.8, 4) is 0 Å². The number of carbonyl (C=O) groups excluding carboxylic acids is 1. The molecule has 1 rings (SSSR count). The van der Waals surface area contributed by atoms with E-state index in [-0.39, 0.29) is 23.2 Å². The van der Waals surface area contributed by atoms with Crippen LogP contribution < -0.4 is 5.32 Å². The molecule has 0 atom stereocenters. The monoisotopic (exact) mass is 198 g/mol. The molecular formula is C8H7FN2O3. The highest BCUT2D eigenvalue weighted by Gasteiger charge is 2.16. The van der Waals surface area contributed by atoms with Crippen molar-refractivity contribution in [2.45, 2.75) is 0 Å². The van der Waals surface area contributed by atoms with Crippen LogP contribution in [0.25, 0.3) is 0 Å². The van der Waals surface area contributed by atoms with E-state index >= 15 is 0 Å². The minimum Gasteiger partial charge on any atom is -0.382 e. The Morgan fingerprint density at radius 1 is 1.57 bits per heavy atom. The number of aldehydes is 1. The van der Waals surface area contributed by atoms with Crippen LogP contribution in [0.4, 0.5) is 15.8 Å². The number of nitrogens with one attached hydrogen (secondary N) is 1. The molecule has 0 spiro atoms. The van der Waals surface area contributed by atoms with E-state index in [1.807, 2.05) is 0 Å². The number of anilines is 1. The quantitative estimate of drug-likeness (QED) is 0.454. The van der Waals surface area contributed by atoms with E-state index in [9.17, 15) is 19.3 Å². The minimum atomic E-state index is -0.782. The van der Waals surface area contributed by atoms with Crippen LogP contribution in [0.3, 0.4) is 0 Å². The molecule has 5 nitrogen and oxygen atoms in total. The van der Waals surface area contributed by atoms with Gasteiger partial charge in [0.1, 0.15) is 11.5 Å². The lowest BCUT2D eigenvalue weighted by Gasteiger charge is -2.02. The molecule has 0 aromatic heterocycles. The van der Waals surface area contributed by atoms with E-state index in [0.29, 0.717) is 0 Å². The van der Waals surface area contributed by atoms with Crippen LogP contribution in [0.1, 0.15) is 10.4 Å². The van der Waals surface area contributed by atoms with Crippen LogP contribution in [0.2, 0.25) is 0 Å². The largest absolute Gasteiger partial charge is 0.382 e. The van der Waals surface area contributed by atoms with Gasteiger partial charge in [-0.1, -0.05) is 0 Å². The third-order valence-corrected chi connectivity index (χ3v) is 1.71. The van der Waals surface area contributed by atoms with Crippen molar-refractivity contribution in [3.63, 3.8) is 0 Å². The average Bonchev–Trinajstić information content (AvgIpc) is 2.16. The first-order chi connectivity index (χ1) is 6.60. The lowest BCUT2D eigenvalue weighted by atomic mass is 10.2. The molecule has 1 aromatic rings. The summed E-state index contributed by atoms with van der Waals surface area (Å²) in [5, 5.41) is 13.0. The zero-order valence-electron chi connectivity index (χ0n) is 7.28. The normalized spacial score (nSPS) is 9.57. The number of halogens is 1. The third-order valence-electron chi connectivity index (χ3n) is 1.71. The fourth-order valence-corrected chi connectivity index (χ4v) is 1.02. The van der Waals surface area contributed by atoms with Gasteiger partial charge in [-0.05, 0) is 0 Å². The fourth-order valence-electron chi connectivity index (χ4n) is 1.02. The van der Waals surface area contributed by atoms with Crippen molar-refractivity contribution in [1.82, 2.24) is 0 Å². The molecule has 1 N–H and O–H groups in total. The predicted octanol–water partition coefficient (Wildman–Crippen LogP) is 1.59. The summed E-state index contributed by atoms with van der Waals surface area (Å²) in [4.78, 5) is 20.1. The number of carbonyl (C=O) groups is 1. The van der Waals surface area contributed by atoms with Crippen molar-refractivity contribution >= 4 is 17.7 Å². The Labute approximate surface area is 78.7 Å². The van der Waals surface area contributed by atoms with Crippen molar-refractivity contribution in [2.24, 2.45) is 0 Å². The van der Waals surface area contributed by atoms with E-state index < -0.39 is 10.7 Å². The maximum absolute atomic E-state index is 13.0. The summed E-state index contributed by atoms with van der Waals surface area (Å²) in [5.41, 5.74) is -0.607. The number of hydrogen-bond donors (Lipinski definition) is 1. The Balaban J connectivity index is 3.39. The minimum absolute atomic E-state index is 0.0399. The molecule has 14 heavy (non-hydrogen) atoms. The van der Waals surface area contributed by atoms with Gasteiger partial charge in [-0.15, -0.1) is 0 Å². The van der Waals surface area contributed by atoms with E-state index in [0.717, 1.165) is 12.1 Å². The van der Waals surface area contributed by atoms with Crippen LogP contribution in [0, 0.1) is 15.9 Å². The molecule has 0 bridgehead atoms. The molecule has 0 aliphatic heterocycles. The first kappa shape index (κ1) is 10.1. The second kappa shape index (κ2) is 3.82. The molecule has 1 aromatic carbocycles. The number of nitro benzene ring substituents is 1. The molecule has 74 valence electrons. The standard InChI is InChI=1S/C8H7FN2O3/c1-10-7-3-6(9)5(4-12)2-8(7)11(13)14/h2-4,10H,1H3. The predicted molar refractivity (Wildman–Crippen MR) is 48.0 cm³/mol. The zero-order valence-corrected chi connectivity index (χ0v) is 7.28. The van der Waals surface area contributed by atoms with Gasteiger partial charge in [-0.25, -0.2) is 4.39 Å². The Morgan fingerprint density at radius 3 is 2.64 bits per heavy atom. The topological polar surface area (TPSA) is 72.2 Å². The summed E-state index contributed by atoms with van der Waals surface area (Å²) in [6.45, 7) is 0. The van der Waals surface area contributed by atoms with Gasteiger partial charge in [-0.3, -0.25) is 14.9 Å². The number of rotatable bonds is 3. The van der Waals surface area contributed by atoms with Gasteiger partial charge in [0.25, 0.3) is 5.69 Å². The number of nitrogens with zero attached hydrogens (tertiary/aromatic N) is 1. The van der Waals surface area contributed by atoms with E-state index in [1.54, 1.807) is 0 Å². The van der Waals surface area contributed by atoms with Gasteiger partial charge in [0.15, 0.2) is 6.29 Å². The van der Waals surface area contributed by atoms with Gasteiger partial charge in [0.2, 0.25) is 0 Å². The Kier molecular flexibility index (Phi) is 2.76. The SMILES string of the molecule is CNc1cc(F)c(C=O)cc1[N+](=O)[O-]. The summed E-state index contributed by atoms with van der Waals surface area (Å²) in [6, 6.07) is 1.82. The molecule has 0 saturated heterocycles. The lowest BCUT2D eigenvalue weighted by molar-refractivity contribution is -0.384. The molecule has 0 amide bonds. The molecular weight excluding hydrogens is 191 g/mol. The molecule has 0 fully saturated rings. The summed E-state index contributed by atoms with van der Waals surface area (Å²) in [6.07, 6.45) is 0.238. The van der Waals surface area contributed by atoms with Crippen molar-refractivity contribution in [3.05, 3.63) is 33.6 Å². The Hall–Kier alpha value is -1.98. The van der Waals surface area contributed by atoms with Gasteiger partial charge < -0.3 is 5.32 Å². The second-order valence-corrected chi connectivity index (χ2v) is 2.52. The molecule has 0 aliphatic rings. The van der Waals surface area contributed by atoms with E-state index in [1.165, 1.54) is 7.05 Å². The van der Waals surface area contributed by atoms with Crippen LogP contribution in [0.5, 0.6) is 0 Å². The first-order valence-electron chi connectivity index (χ1n) is 3.71. The highest BCUT2D eigenvalue weighted by Crippen LogP contribution is 2.26. The van der Waals surface area contributed by atoms with Crippen LogP contribution >= 0.6 is 0 Å². The molecule has 0 aliphatic carbocycles. The fraction of sp³-hybridized carbons (Fsp3) is 0.125. The molecule has 0 radical (unpaired) electrons. The van der Waals surface area contributed by atoms with Crippen molar-refractivity contribution < 1.29 is 14.1 Å². The number of nitro groups is 1. The van der Waals surface area contributed by atoms with Gasteiger partial charge in [0, 0.05) is 19.2 Å². The Morgan fingerprint density at radius 2 is 2.21 bits per heavy atom. The first-order valence-corrected chi connectivity index (χ1v) is 3.71. The number of hydrogen-bond acceptors (Lipinski definition) is 4. The third kappa shape index (κ3) is 1.68. The van der Waals surface area contributed by atoms with Gasteiger partial charge in [-0.2, -0.15) is 0 Å². The average molecular weight is 198 g/mol. The second-order valence-electron chi connectivity index (χ2n) is 2.52. The highest BCUT2D eigenvalue weighted by atomic mass is 19.1. The molecule has 0 saturated carbocycles. The molecule has 0 heterocycles. The smallest absolute Gasteiger partial charge is 0.293 e.